The van der Waals surface area contributed by atoms with Crippen LogP contribution in [-0.2, 0) is 27.4 Å². The second-order valence-electron chi connectivity index (χ2n) is 12.5. The van der Waals surface area contributed by atoms with E-state index in [4.69, 9.17) is 27.9 Å². The lowest BCUT2D eigenvalue weighted by atomic mass is 9.76. The van der Waals surface area contributed by atoms with E-state index in [0.29, 0.717) is 60.1 Å². The molecule has 234 valence electrons. The number of pyridine rings is 1. The number of aliphatic hydroxyl groups is 1. The predicted molar refractivity (Wildman–Crippen MR) is 166 cm³/mol. The number of amides is 2. The molecule has 2 fully saturated rings. The minimum atomic E-state index is -1.76. The van der Waals surface area contributed by atoms with Crippen LogP contribution in [0.25, 0.3) is 0 Å². The lowest BCUT2D eigenvalue weighted by Gasteiger charge is -2.40. The number of aromatic nitrogens is 1. The molecular weight excluding hydrogens is 618 g/mol. The van der Waals surface area contributed by atoms with E-state index < -0.39 is 28.5 Å². The molecule has 1 aliphatic carbocycles. The van der Waals surface area contributed by atoms with Crippen LogP contribution in [-0.4, -0.2) is 51.4 Å². The van der Waals surface area contributed by atoms with Crippen molar-refractivity contribution in [2.24, 2.45) is 11.3 Å². The Labute approximate surface area is 271 Å². The fourth-order valence-electron chi connectivity index (χ4n) is 6.56. The van der Waals surface area contributed by atoms with E-state index >= 15 is 4.39 Å². The van der Waals surface area contributed by atoms with E-state index in [1.807, 2.05) is 0 Å². The summed E-state index contributed by atoms with van der Waals surface area (Å²) >= 11 is 12.3. The van der Waals surface area contributed by atoms with Crippen LogP contribution in [0.2, 0.25) is 10.0 Å². The standard InChI is InChI=1S/C34H33Cl2FN4O4/c1-21(42)40-13-9-22(10-14-40)32(2,44)24-15-28-30(29(37)16-24)34(23-3-5-25(35)6-4-23,45-20-33(19-38)11-12-33)41(31(28)43)18-27-8-7-26(36)17-39-27/h3-8,15-17,22,44H,9-14,18,20H2,1-2H3/t32?,34-/m1/s1. The van der Waals surface area contributed by atoms with Gasteiger partial charge in [-0.3, -0.25) is 19.5 Å². The van der Waals surface area contributed by atoms with Crippen molar-refractivity contribution in [1.29, 1.82) is 5.26 Å². The summed E-state index contributed by atoms with van der Waals surface area (Å²) in [6.45, 7) is 4.03. The van der Waals surface area contributed by atoms with Crippen LogP contribution in [0.15, 0.2) is 54.7 Å². The first-order valence-corrected chi connectivity index (χ1v) is 15.7. The molecular formula is C34H33Cl2FN4O4. The number of hydrogen-bond acceptors (Lipinski definition) is 6. The summed E-state index contributed by atoms with van der Waals surface area (Å²) in [5.41, 5.74) is -2.70. The Bertz CT molecular complexity index is 1680. The molecule has 2 amide bonds. The van der Waals surface area contributed by atoms with Crippen LogP contribution >= 0.6 is 23.2 Å². The highest BCUT2D eigenvalue weighted by Crippen LogP contribution is 2.52. The third kappa shape index (κ3) is 5.59. The normalized spacial score (nSPS) is 22.1. The molecule has 3 aromatic rings. The highest BCUT2D eigenvalue weighted by Gasteiger charge is 2.57. The van der Waals surface area contributed by atoms with Crippen LogP contribution in [0.5, 0.6) is 0 Å². The van der Waals surface area contributed by atoms with Gasteiger partial charge in [0.2, 0.25) is 5.91 Å². The Kier molecular flexibility index (Phi) is 8.15. The Morgan fingerprint density at radius 1 is 1.16 bits per heavy atom. The van der Waals surface area contributed by atoms with Crippen LogP contribution in [0.1, 0.15) is 72.3 Å². The zero-order valence-corrected chi connectivity index (χ0v) is 26.5. The van der Waals surface area contributed by atoms with E-state index in [-0.39, 0.29) is 41.7 Å². The third-order valence-corrected chi connectivity index (χ3v) is 10.1. The van der Waals surface area contributed by atoms with Gasteiger partial charge in [0.15, 0.2) is 5.72 Å². The first kappa shape index (κ1) is 31.4. The number of halogens is 3. The molecule has 6 rings (SSSR count). The first-order chi connectivity index (χ1) is 21.4. The van der Waals surface area contributed by atoms with Crippen molar-refractivity contribution in [2.45, 2.75) is 57.4 Å². The molecule has 2 aliphatic heterocycles. The molecule has 1 unspecified atom stereocenters. The van der Waals surface area contributed by atoms with Crippen molar-refractivity contribution < 1.29 is 23.8 Å². The van der Waals surface area contributed by atoms with Gasteiger partial charge in [0.05, 0.1) is 52.1 Å². The Hall–Kier alpha value is -3.55. The molecule has 8 nitrogen and oxygen atoms in total. The number of ether oxygens (including phenoxy) is 1. The maximum Gasteiger partial charge on any atom is 0.257 e. The summed E-state index contributed by atoms with van der Waals surface area (Å²) in [5, 5.41) is 22.6. The summed E-state index contributed by atoms with van der Waals surface area (Å²) in [7, 11) is 0. The van der Waals surface area contributed by atoms with Gasteiger partial charge < -0.3 is 14.7 Å². The van der Waals surface area contributed by atoms with Crippen molar-refractivity contribution in [3.8, 4) is 6.07 Å². The number of carbonyl (C=O) groups is 2. The minimum Gasteiger partial charge on any atom is -0.385 e. The fraction of sp³-hybridized carbons (Fsp3) is 0.412. The molecule has 3 aliphatic rings. The van der Waals surface area contributed by atoms with E-state index in [1.54, 1.807) is 54.3 Å². The average molecular weight is 652 g/mol. The van der Waals surface area contributed by atoms with Gasteiger partial charge in [-0.25, -0.2) is 4.39 Å². The summed E-state index contributed by atoms with van der Waals surface area (Å²) in [6, 6.07) is 15.2. The van der Waals surface area contributed by atoms with Crippen molar-refractivity contribution in [3.05, 3.63) is 98.5 Å². The van der Waals surface area contributed by atoms with Gasteiger partial charge in [0.25, 0.3) is 5.91 Å². The predicted octanol–water partition coefficient (Wildman–Crippen LogP) is 6.17. The number of fused-ring (bicyclic) bond motifs is 1. The third-order valence-electron chi connectivity index (χ3n) is 9.60. The first-order valence-electron chi connectivity index (χ1n) is 15.0. The lowest BCUT2D eigenvalue weighted by Crippen LogP contribution is -2.48. The number of benzene rings is 2. The second-order valence-corrected chi connectivity index (χ2v) is 13.4. The fourth-order valence-corrected chi connectivity index (χ4v) is 6.80. The lowest BCUT2D eigenvalue weighted by molar-refractivity contribution is -0.132. The zero-order valence-electron chi connectivity index (χ0n) is 25.0. The Morgan fingerprint density at radius 2 is 1.82 bits per heavy atom. The summed E-state index contributed by atoms with van der Waals surface area (Å²) in [5.74, 6) is -1.53. The summed E-state index contributed by atoms with van der Waals surface area (Å²) in [4.78, 5) is 33.9. The second kappa shape index (κ2) is 11.7. The molecule has 1 N–H and O–H groups in total. The largest absolute Gasteiger partial charge is 0.385 e. The van der Waals surface area contributed by atoms with Gasteiger partial charge in [-0.05, 0) is 80.5 Å². The zero-order chi connectivity index (χ0) is 32.1. The van der Waals surface area contributed by atoms with E-state index in [0.717, 1.165) is 0 Å². The quantitative estimate of drug-likeness (QED) is 0.312. The molecule has 2 atom stereocenters. The van der Waals surface area contributed by atoms with Gasteiger partial charge in [0, 0.05) is 36.8 Å². The SMILES string of the molecule is CC(=O)N1CCC(C(C)(O)c2cc(F)c3c(c2)C(=O)N(Cc2ccc(Cl)cn2)[C@@]3(OCC2(C#N)CC2)c2ccc(Cl)cc2)CC1. The van der Waals surface area contributed by atoms with Crippen LogP contribution in [0.3, 0.4) is 0 Å². The number of rotatable bonds is 8. The molecule has 0 bridgehead atoms. The monoisotopic (exact) mass is 650 g/mol. The molecule has 3 heterocycles. The average Bonchev–Trinajstić information content (AvgIpc) is 3.78. The molecule has 11 heteroatoms. The van der Waals surface area contributed by atoms with E-state index in [9.17, 15) is 20.0 Å². The van der Waals surface area contributed by atoms with Gasteiger partial charge in [-0.15, -0.1) is 0 Å². The Balaban J connectivity index is 1.49. The van der Waals surface area contributed by atoms with Gasteiger partial charge in [0.1, 0.15) is 5.82 Å². The highest BCUT2D eigenvalue weighted by atomic mass is 35.5. The number of nitriles is 1. The van der Waals surface area contributed by atoms with Crippen molar-refractivity contribution >= 4 is 35.0 Å². The maximum absolute atomic E-state index is 16.8. The van der Waals surface area contributed by atoms with Gasteiger partial charge in [-0.1, -0.05) is 35.3 Å². The molecule has 1 aromatic heterocycles. The number of nitrogens with zero attached hydrogens (tertiary/aromatic N) is 4. The number of piperidine rings is 1. The van der Waals surface area contributed by atoms with E-state index in [1.165, 1.54) is 24.1 Å². The number of carbonyl (C=O) groups excluding carboxylic acids is 2. The summed E-state index contributed by atoms with van der Waals surface area (Å²) in [6.07, 6.45) is 3.79. The topological polar surface area (TPSA) is 107 Å². The molecule has 0 radical (unpaired) electrons. The van der Waals surface area contributed by atoms with Crippen LogP contribution in [0, 0.1) is 28.5 Å². The molecule has 45 heavy (non-hydrogen) atoms. The van der Waals surface area contributed by atoms with Crippen molar-refractivity contribution in [1.82, 2.24) is 14.8 Å². The molecule has 0 spiro atoms. The van der Waals surface area contributed by atoms with Gasteiger partial charge >= 0.3 is 0 Å². The van der Waals surface area contributed by atoms with Crippen molar-refractivity contribution in [2.75, 3.05) is 19.7 Å². The molecule has 1 saturated heterocycles. The summed E-state index contributed by atoms with van der Waals surface area (Å²) < 4.78 is 23.4. The minimum absolute atomic E-state index is 0.00322. The van der Waals surface area contributed by atoms with Gasteiger partial charge in [-0.2, -0.15) is 5.26 Å². The smallest absolute Gasteiger partial charge is 0.257 e. The Morgan fingerprint density at radius 3 is 2.40 bits per heavy atom. The van der Waals surface area contributed by atoms with Crippen LogP contribution < -0.4 is 0 Å². The van der Waals surface area contributed by atoms with E-state index in [2.05, 4.69) is 11.1 Å². The number of hydrogen-bond donors (Lipinski definition) is 1. The number of likely N-dealkylation sites (tertiary alicyclic amines) is 1. The van der Waals surface area contributed by atoms with Crippen LogP contribution in [0.4, 0.5) is 4.39 Å². The highest BCUT2D eigenvalue weighted by molar-refractivity contribution is 6.30. The van der Waals surface area contributed by atoms with Crippen molar-refractivity contribution in [3.63, 3.8) is 0 Å². The molecule has 1 saturated carbocycles. The maximum atomic E-state index is 16.8. The molecule has 2 aromatic carbocycles.